The van der Waals surface area contributed by atoms with Gasteiger partial charge < -0.3 is 15.4 Å². The molecule has 2 N–H and O–H groups in total. The number of ether oxygens (including phenoxy) is 1. The number of nitrogens with zero attached hydrogens (tertiary/aromatic N) is 2. The van der Waals surface area contributed by atoms with Crippen LogP contribution in [0.1, 0.15) is 19.3 Å². The van der Waals surface area contributed by atoms with E-state index < -0.39 is 0 Å². The number of anilines is 2. The molecule has 2 heterocycles. The Morgan fingerprint density at radius 3 is 3.16 bits per heavy atom. The normalized spacial score (nSPS) is 16.8. The van der Waals surface area contributed by atoms with Crippen molar-refractivity contribution in [2.24, 2.45) is 0 Å². The van der Waals surface area contributed by atoms with Crippen LogP contribution in [0.2, 0.25) is 5.02 Å². The number of amides is 1. The fourth-order valence-corrected chi connectivity index (χ4v) is 4.32. The first-order valence-electron chi connectivity index (χ1n) is 8.06. The summed E-state index contributed by atoms with van der Waals surface area (Å²) in [7, 11) is 0. The quantitative estimate of drug-likeness (QED) is 0.656. The lowest BCUT2D eigenvalue weighted by Crippen LogP contribution is -2.18. The standard InChI is InChI=1S/C16H19ClN4O2S2/c17-11-3-1-4-12(9-11)19-14(22)6-8-24-16-21-20-15(25-16)18-10-13-5-2-7-23-13/h1,3-4,9,13H,2,5-8,10H2,(H,18,20)(H,19,22)/t13-/m1/s1. The Morgan fingerprint density at radius 2 is 2.36 bits per heavy atom. The van der Waals surface area contributed by atoms with E-state index in [9.17, 15) is 4.79 Å². The van der Waals surface area contributed by atoms with Crippen LogP contribution < -0.4 is 10.6 Å². The fourth-order valence-electron chi connectivity index (χ4n) is 2.37. The summed E-state index contributed by atoms with van der Waals surface area (Å²) < 4.78 is 6.42. The lowest BCUT2D eigenvalue weighted by Gasteiger charge is -2.08. The molecule has 0 bridgehead atoms. The second kappa shape index (κ2) is 9.38. The van der Waals surface area contributed by atoms with E-state index in [4.69, 9.17) is 16.3 Å². The molecule has 25 heavy (non-hydrogen) atoms. The molecule has 0 radical (unpaired) electrons. The van der Waals surface area contributed by atoms with Crippen LogP contribution in [0.5, 0.6) is 0 Å². The highest BCUT2D eigenvalue weighted by Crippen LogP contribution is 2.26. The van der Waals surface area contributed by atoms with Gasteiger partial charge in [-0.2, -0.15) is 0 Å². The number of benzene rings is 1. The van der Waals surface area contributed by atoms with E-state index in [0.29, 0.717) is 22.9 Å². The van der Waals surface area contributed by atoms with Gasteiger partial charge in [0.15, 0.2) is 4.34 Å². The molecule has 1 atom stereocenters. The Labute approximate surface area is 159 Å². The zero-order chi connectivity index (χ0) is 17.5. The molecule has 134 valence electrons. The van der Waals surface area contributed by atoms with Crippen molar-refractivity contribution >= 4 is 51.4 Å². The van der Waals surface area contributed by atoms with E-state index in [1.54, 1.807) is 18.2 Å². The molecule has 6 nitrogen and oxygen atoms in total. The van der Waals surface area contributed by atoms with E-state index in [1.807, 2.05) is 6.07 Å². The number of nitrogens with one attached hydrogen (secondary N) is 2. The monoisotopic (exact) mass is 398 g/mol. The van der Waals surface area contributed by atoms with Crippen LogP contribution in [0.3, 0.4) is 0 Å². The predicted molar refractivity (Wildman–Crippen MR) is 103 cm³/mol. The number of halogens is 1. The van der Waals surface area contributed by atoms with Crippen molar-refractivity contribution in [3.05, 3.63) is 29.3 Å². The van der Waals surface area contributed by atoms with Gasteiger partial charge in [-0.15, -0.1) is 10.2 Å². The highest BCUT2D eigenvalue weighted by molar-refractivity contribution is 8.01. The van der Waals surface area contributed by atoms with Crippen molar-refractivity contribution in [1.29, 1.82) is 0 Å². The molecule has 0 spiro atoms. The smallest absolute Gasteiger partial charge is 0.225 e. The minimum atomic E-state index is -0.0454. The van der Waals surface area contributed by atoms with Crippen molar-refractivity contribution in [3.8, 4) is 0 Å². The first-order valence-corrected chi connectivity index (χ1v) is 10.2. The van der Waals surface area contributed by atoms with Gasteiger partial charge >= 0.3 is 0 Å². The molecular formula is C16H19ClN4O2S2. The van der Waals surface area contributed by atoms with Crippen LogP contribution in [0.15, 0.2) is 28.6 Å². The average Bonchev–Trinajstić information content (AvgIpc) is 3.24. The van der Waals surface area contributed by atoms with E-state index in [-0.39, 0.29) is 12.0 Å². The number of hydrogen-bond acceptors (Lipinski definition) is 7. The Morgan fingerprint density at radius 1 is 1.44 bits per heavy atom. The number of hydrogen-bond donors (Lipinski definition) is 2. The van der Waals surface area contributed by atoms with Gasteiger partial charge in [-0.25, -0.2) is 0 Å². The maximum Gasteiger partial charge on any atom is 0.225 e. The van der Waals surface area contributed by atoms with Crippen LogP contribution in [0.4, 0.5) is 10.8 Å². The summed E-state index contributed by atoms with van der Waals surface area (Å²) in [6, 6.07) is 7.11. The molecule has 0 saturated carbocycles. The van der Waals surface area contributed by atoms with Crippen LogP contribution in [0.25, 0.3) is 0 Å². The molecule has 1 aromatic carbocycles. The summed E-state index contributed by atoms with van der Waals surface area (Å²) in [6.45, 7) is 1.61. The summed E-state index contributed by atoms with van der Waals surface area (Å²) in [5.74, 6) is 0.600. The second-order valence-electron chi connectivity index (χ2n) is 5.55. The number of carbonyl (C=O) groups excluding carboxylic acids is 1. The Hall–Kier alpha value is -1.35. The number of thioether (sulfide) groups is 1. The minimum absolute atomic E-state index is 0.0454. The Balaban J connectivity index is 1.36. The lowest BCUT2D eigenvalue weighted by atomic mass is 10.2. The molecule has 1 aromatic heterocycles. The van der Waals surface area contributed by atoms with Crippen molar-refractivity contribution < 1.29 is 9.53 Å². The van der Waals surface area contributed by atoms with Crippen LogP contribution in [0, 0.1) is 0 Å². The molecule has 1 saturated heterocycles. The molecule has 1 aliphatic rings. The van der Waals surface area contributed by atoms with E-state index in [2.05, 4.69) is 20.8 Å². The fraction of sp³-hybridized carbons (Fsp3) is 0.438. The zero-order valence-electron chi connectivity index (χ0n) is 13.5. The number of rotatable bonds is 8. The van der Waals surface area contributed by atoms with Gasteiger partial charge in [0.25, 0.3) is 0 Å². The third-order valence-electron chi connectivity index (χ3n) is 3.57. The summed E-state index contributed by atoms with van der Waals surface area (Å²) in [5, 5.41) is 15.7. The molecule has 0 unspecified atom stereocenters. The SMILES string of the molecule is O=C(CCSc1nnc(NC[C@H]2CCCO2)s1)Nc1cccc(Cl)c1. The molecule has 3 rings (SSSR count). The third-order valence-corrected chi connectivity index (χ3v) is 5.83. The van der Waals surface area contributed by atoms with Crippen molar-refractivity contribution in [3.63, 3.8) is 0 Å². The zero-order valence-corrected chi connectivity index (χ0v) is 15.9. The number of aromatic nitrogens is 2. The molecule has 9 heteroatoms. The molecule has 2 aromatic rings. The van der Waals surface area contributed by atoms with Gasteiger partial charge in [-0.1, -0.05) is 40.8 Å². The second-order valence-corrected chi connectivity index (χ2v) is 8.30. The summed E-state index contributed by atoms with van der Waals surface area (Å²) >= 11 is 8.93. The summed E-state index contributed by atoms with van der Waals surface area (Å²) in [5.41, 5.74) is 0.707. The molecule has 0 aliphatic carbocycles. The Bertz CT molecular complexity index is 707. The highest BCUT2D eigenvalue weighted by atomic mass is 35.5. The summed E-state index contributed by atoms with van der Waals surface area (Å²) in [6.07, 6.45) is 2.89. The molecular weight excluding hydrogens is 380 g/mol. The van der Waals surface area contributed by atoms with Gasteiger partial charge in [0.2, 0.25) is 11.0 Å². The van der Waals surface area contributed by atoms with E-state index in [0.717, 1.165) is 35.5 Å². The van der Waals surface area contributed by atoms with Gasteiger partial charge in [-0.3, -0.25) is 4.79 Å². The van der Waals surface area contributed by atoms with E-state index in [1.165, 1.54) is 23.1 Å². The average molecular weight is 399 g/mol. The maximum absolute atomic E-state index is 11.9. The Kier molecular flexibility index (Phi) is 6.92. The van der Waals surface area contributed by atoms with Crippen molar-refractivity contribution in [2.45, 2.75) is 29.7 Å². The topological polar surface area (TPSA) is 76.1 Å². The first kappa shape index (κ1) is 18.4. The van der Waals surface area contributed by atoms with Gasteiger partial charge in [-0.05, 0) is 31.0 Å². The third kappa shape index (κ3) is 6.14. The predicted octanol–water partition coefficient (Wildman–Crippen LogP) is 3.90. The van der Waals surface area contributed by atoms with Crippen LogP contribution >= 0.6 is 34.7 Å². The minimum Gasteiger partial charge on any atom is -0.376 e. The van der Waals surface area contributed by atoms with Gasteiger partial charge in [0.1, 0.15) is 0 Å². The largest absolute Gasteiger partial charge is 0.376 e. The number of carbonyl (C=O) groups is 1. The first-order chi connectivity index (χ1) is 12.2. The van der Waals surface area contributed by atoms with Crippen LogP contribution in [-0.2, 0) is 9.53 Å². The lowest BCUT2D eigenvalue weighted by molar-refractivity contribution is -0.115. The molecule has 1 fully saturated rings. The summed E-state index contributed by atoms with van der Waals surface area (Å²) in [4.78, 5) is 11.9. The van der Waals surface area contributed by atoms with E-state index >= 15 is 0 Å². The molecule has 1 aliphatic heterocycles. The van der Waals surface area contributed by atoms with Gasteiger partial charge in [0.05, 0.1) is 6.10 Å². The maximum atomic E-state index is 11.9. The molecule has 1 amide bonds. The van der Waals surface area contributed by atoms with Crippen LogP contribution in [-0.4, -0.2) is 41.1 Å². The van der Waals surface area contributed by atoms with Crippen molar-refractivity contribution in [1.82, 2.24) is 10.2 Å². The van der Waals surface area contributed by atoms with Gasteiger partial charge in [0, 0.05) is 36.0 Å². The highest BCUT2D eigenvalue weighted by Gasteiger charge is 2.16. The van der Waals surface area contributed by atoms with Crippen molar-refractivity contribution in [2.75, 3.05) is 29.5 Å².